The number of aliphatic hydroxyl groups excluding tert-OH is 1. The molecule has 1 atom stereocenters. The predicted octanol–water partition coefficient (Wildman–Crippen LogP) is 3.97. The van der Waals surface area contributed by atoms with Crippen LogP contribution in [0.4, 0.5) is 23.2 Å². The van der Waals surface area contributed by atoms with Gasteiger partial charge in [0.05, 0.1) is 17.1 Å². The molecule has 2 saturated heterocycles. The molecule has 0 unspecified atom stereocenters. The maximum absolute atomic E-state index is 13.9. The molecular weight excluding hydrogens is 388 g/mol. The standard InChI is InChI=1S/C21H26F4N2O2/c22-15-10-14(21(23,24)25)11-17(12-15)26-8-1-6-20(13-26)7-9-27(19(20)29)16-2-4-18(28)5-3-16/h10-12,16,18,28H,1-9,13H2/t16-,18-,20-/m1/s1. The van der Waals surface area contributed by atoms with E-state index in [-0.39, 0.29) is 23.7 Å². The zero-order valence-electron chi connectivity index (χ0n) is 16.2. The first-order valence-electron chi connectivity index (χ1n) is 10.3. The molecule has 1 amide bonds. The molecule has 1 aliphatic carbocycles. The van der Waals surface area contributed by atoms with E-state index in [1.807, 2.05) is 4.90 Å². The number of carbonyl (C=O) groups is 1. The van der Waals surface area contributed by atoms with Gasteiger partial charge in [0.1, 0.15) is 5.82 Å². The number of piperidine rings is 1. The molecule has 8 heteroatoms. The molecule has 29 heavy (non-hydrogen) atoms. The number of amides is 1. The second kappa shape index (κ2) is 7.45. The van der Waals surface area contributed by atoms with E-state index in [0.717, 1.165) is 25.0 Å². The molecular formula is C21H26F4N2O2. The first-order chi connectivity index (χ1) is 13.7. The van der Waals surface area contributed by atoms with Crippen molar-refractivity contribution in [2.24, 2.45) is 5.41 Å². The minimum absolute atomic E-state index is 0.0658. The van der Waals surface area contributed by atoms with Crippen molar-refractivity contribution < 1.29 is 27.5 Å². The number of hydrogen-bond donors (Lipinski definition) is 1. The highest BCUT2D eigenvalue weighted by Crippen LogP contribution is 2.44. The third-order valence-electron chi connectivity index (χ3n) is 6.80. The molecule has 3 fully saturated rings. The molecule has 0 bridgehead atoms. The highest BCUT2D eigenvalue weighted by molar-refractivity contribution is 5.86. The molecule has 3 aliphatic rings. The fourth-order valence-corrected chi connectivity index (χ4v) is 5.22. The third kappa shape index (κ3) is 3.96. The van der Waals surface area contributed by atoms with E-state index >= 15 is 0 Å². The van der Waals surface area contributed by atoms with E-state index in [2.05, 4.69) is 0 Å². The van der Waals surface area contributed by atoms with Crippen LogP contribution in [0.3, 0.4) is 0 Å². The SMILES string of the molecule is O=C1N([C@H]2CC[C@H](O)CC2)CC[C@@]12CCCN(c1cc(F)cc(C(F)(F)F)c1)C2. The zero-order valence-corrected chi connectivity index (χ0v) is 16.2. The second-order valence-electron chi connectivity index (χ2n) is 8.71. The van der Waals surface area contributed by atoms with Gasteiger partial charge in [-0.15, -0.1) is 0 Å². The summed E-state index contributed by atoms with van der Waals surface area (Å²) in [6.07, 6.45) is 0.0966. The van der Waals surface area contributed by atoms with Gasteiger partial charge in [0.2, 0.25) is 5.91 Å². The van der Waals surface area contributed by atoms with Crippen molar-refractivity contribution in [1.82, 2.24) is 4.90 Å². The van der Waals surface area contributed by atoms with Crippen LogP contribution in [0.15, 0.2) is 18.2 Å². The lowest BCUT2D eigenvalue weighted by atomic mass is 9.78. The van der Waals surface area contributed by atoms with Crippen molar-refractivity contribution in [3.63, 3.8) is 0 Å². The van der Waals surface area contributed by atoms with Crippen LogP contribution in [0.5, 0.6) is 0 Å². The molecule has 1 aromatic carbocycles. The highest BCUT2D eigenvalue weighted by atomic mass is 19.4. The van der Waals surface area contributed by atoms with Crippen molar-refractivity contribution in [3.8, 4) is 0 Å². The molecule has 1 aromatic rings. The van der Waals surface area contributed by atoms with Crippen LogP contribution in [0, 0.1) is 11.2 Å². The Hall–Kier alpha value is -1.83. The predicted molar refractivity (Wildman–Crippen MR) is 99.9 cm³/mol. The lowest BCUT2D eigenvalue weighted by Gasteiger charge is -2.41. The monoisotopic (exact) mass is 414 g/mol. The number of alkyl halides is 3. The number of carbonyl (C=O) groups excluding carboxylic acids is 1. The van der Waals surface area contributed by atoms with E-state index in [1.165, 1.54) is 0 Å². The molecule has 4 rings (SSSR count). The smallest absolute Gasteiger partial charge is 0.393 e. The van der Waals surface area contributed by atoms with Crippen LogP contribution in [0.25, 0.3) is 0 Å². The quantitative estimate of drug-likeness (QED) is 0.745. The first-order valence-corrected chi connectivity index (χ1v) is 10.3. The van der Waals surface area contributed by atoms with Gasteiger partial charge in [-0.1, -0.05) is 0 Å². The Morgan fingerprint density at radius 3 is 2.45 bits per heavy atom. The summed E-state index contributed by atoms with van der Waals surface area (Å²) in [5.41, 5.74) is -1.44. The Morgan fingerprint density at radius 2 is 1.76 bits per heavy atom. The minimum atomic E-state index is -4.62. The molecule has 1 N–H and O–H groups in total. The van der Waals surface area contributed by atoms with Crippen LogP contribution in [-0.4, -0.2) is 47.7 Å². The lowest BCUT2D eigenvalue weighted by Crippen LogP contribution is -2.50. The number of likely N-dealkylation sites (tertiary alicyclic amines) is 1. The summed E-state index contributed by atoms with van der Waals surface area (Å²) in [7, 11) is 0. The molecule has 1 saturated carbocycles. The van der Waals surface area contributed by atoms with Crippen LogP contribution >= 0.6 is 0 Å². The molecule has 4 nitrogen and oxygen atoms in total. The largest absolute Gasteiger partial charge is 0.416 e. The number of aliphatic hydroxyl groups is 1. The Balaban J connectivity index is 1.53. The summed E-state index contributed by atoms with van der Waals surface area (Å²) in [5.74, 6) is -0.856. The van der Waals surface area contributed by atoms with Crippen LogP contribution in [0.2, 0.25) is 0 Å². The Kier molecular flexibility index (Phi) is 5.25. The number of nitrogens with zero attached hydrogens (tertiary/aromatic N) is 2. The zero-order chi connectivity index (χ0) is 20.8. The van der Waals surface area contributed by atoms with E-state index in [4.69, 9.17) is 0 Å². The second-order valence-corrected chi connectivity index (χ2v) is 8.71. The highest BCUT2D eigenvalue weighted by Gasteiger charge is 2.50. The topological polar surface area (TPSA) is 43.8 Å². The average Bonchev–Trinajstić information content (AvgIpc) is 2.97. The summed E-state index contributed by atoms with van der Waals surface area (Å²) in [4.78, 5) is 17.0. The molecule has 160 valence electrons. The number of hydrogen-bond acceptors (Lipinski definition) is 3. The van der Waals surface area contributed by atoms with Gasteiger partial charge in [-0.05, 0) is 63.1 Å². The lowest BCUT2D eigenvalue weighted by molar-refractivity contribution is -0.139. The van der Waals surface area contributed by atoms with Gasteiger partial charge in [0.25, 0.3) is 0 Å². The molecule has 2 heterocycles. The van der Waals surface area contributed by atoms with Gasteiger partial charge in [0, 0.05) is 31.4 Å². The number of anilines is 1. The first kappa shape index (κ1) is 20.4. The molecule has 0 aromatic heterocycles. The number of benzene rings is 1. The molecule has 0 radical (unpaired) electrons. The van der Waals surface area contributed by atoms with Gasteiger partial charge in [-0.3, -0.25) is 4.79 Å². The summed E-state index contributed by atoms with van der Waals surface area (Å²) in [6, 6.07) is 2.73. The Bertz CT molecular complexity index is 776. The van der Waals surface area contributed by atoms with Gasteiger partial charge in [0.15, 0.2) is 0 Å². The number of rotatable bonds is 2. The molecule has 2 aliphatic heterocycles. The third-order valence-corrected chi connectivity index (χ3v) is 6.80. The maximum atomic E-state index is 13.9. The minimum Gasteiger partial charge on any atom is -0.393 e. The molecule has 1 spiro atoms. The van der Waals surface area contributed by atoms with Gasteiger partial charge in [-0.2, -0.15) is 13.2 Å². The van der Waals surface area contributed by atoms with Gasteiger partial charge < -0.3 is 14.9 Å². The van der Waals surface area contributed by atoms with Crippen molar-refractivity contribution in [3.05, 3.63) is 29.6 Å². The van der Waals surface area contributed by atoms with Crippen molar-refractivity contribution >= 4 is 11.6 Å². The summed E-state index contributed by atoms with van der Waals surface area (Å²) < 4.78 is 53.1. The normalized spacial score (nSPS) is 31.0. The van der Waals surface area contributed by atoms with Crippen molar-refractivity contribution in [2.75, 3.05) is 24.5 Å². The fourth-order valence-electron chi connectivity index (χ4n) is 5.22. The maximum Gasteiger partial charge on any atom is 0.416 e. The average molecular weight is 414 g/mol. The van der Waals surface area contributed by atoms with Crippen molar-refractivity contribution in [1.29, 1.82) is 0 Å². The Morgan fingerprint density at radius 1 is 1.03 bits per heavy atom. The van der Waals surface area contributed by atoms with Gasteiger partial charge in [-0.25, -0.2) is 4.39 Å². The summed E-state index contributed by atoms with van der Waals surface area (Å²) in [6.45, 7) is 1.47. The van der Waals surface area contributed by atoms with Crippen LogP contribution < -0.4 is 4.90 Å². The fraction of sp³-hybridized carbons (Fsp3) is 0.667. The van der Waals surface area contributed by atoms with E-state index in [0.29, 0.717) is 57.8 Å². The summed E-state index contributed by atoms with van der Waals surface area (Å²) >= 11 is 0. The number of halogens is 4. The van der Waals surface area contributed by atoms with Gasteiger partial charge >= 0.3 is 6.18 Å². The van der Waals surface area contributed by atoms with Crippen molar-refractivity contribution in [2.45, 2.75) is 63.3 Å². The van der Waals surface area contributed by atoms with E-state index < -0.39 is 23.0 Å². The van der Waals surface area contributed by atoms with Crippen LogP contribution in [0.1, 0.15) is 50.5 Å². The Labute approximate surface area is 167 Å². The van der Waals surface area contributed by atoms with Crippen LogP contribution in [-0.2, 0) is 11.0 Å². The van der Waals surface area contributed by atoms with E-state index in [9.17, 15) is 27.5 Å². The van der Waals surface area contributed by atoms with E-state index in [1.54, 1.807) is 4.90 Å². The summed E-state index contributed by atoms with van der Waals surface area (Å²) in [5, 5.41) is 9.72.